The predicted molar refractivity (Wildman–Crippen MR) is 77.7 cm³/mol. The Labute approximate surface area is 125 Å². The Morgan fingerprint density at radius 3 is 2.20 bits per heavy atom. The Kier molecular flexibility index (Phi) is 3.40. The standard InChI is InChI=1S/C15H10Cl2FNO/c16-10-3-1-9(2-4-10)14-13(17)15(20)19(14)12-7-5-11(18)6-8-12/h1-8,13-14H. The molecule has 0 N–H and O–H groups in total. The van der Waals surface area contributed by atoms with Crippen LogP contribution >= 0.6 is 23.2 Å². The second kappa shape index (κ2) is 5.08. The third kappa shape index (κ3) is 2.17. The maximum atomic E-state index is 13.0. The Hall–Kier alpha value is -1.58. The quantitative estimate of drug-likeness (QED) is 0.602. The summed E-state index contributed by atoms with van der Waals surface area (Å²) in [5.74, 6) is -0.523. The molecular weight excluding hydrogens is 300 g/mol. The van der Waals surface area contributed by atoms with E-state index in [9.17, 15) is 9.18 Å². The number of carbonyl (C=O) groups is 1. The fraction of sp³-hybridized carbons (Fsp3) is 0.133. The lowest BCUT2D eigenvalue weighted by molar-refractivity contribution is -0.123. The van der Waals surface area contributed by atoms with Crippen molar-refractivity contribution in [2.45, 2.75) is 11.4 Å². The minimum atomic E-state index is -0.610. The van der Waals surface area contributed by atoms with Crippen LogP contribution in [0.25, 0.3) is 0 Å². The van der Waals surface area contributed by atoms with Gasteiger partial charge in [0, 0.05) is 10.7 Å². The summed E-state index contributed by atoms with van der Waals surface area (Å²) in [4.78, 5) is 13.5. The van der Waals surface area contributed by atoms with E-state index in [0.29, 0.717) is 10.7 Å². The molecule has 1 heterocycles. The second-order valence-corrected chi connectivity index (χ2v) is 5.49. The maximum Gasteiger partial charge on any atom is 0.248 e. The van der Waals surface area contributed by atoms with E-state index < -0.39 is 5.38 Å². The highest BCUT2D eigenvalue weighted by molar-refractivity contribution is 6.37. The van der Waals surface area contributed by atoms with Gasteiger partial charge in [-0.25, -0.2) is 4.39 Å². The number of β-lactam (4-membered cyclic amide) rings is 1. The van der Waals surface area contributed by atoms with Crippen LogP contribution in [-0.2, 0) is 4.79 Å². The van der Waals surface area contributed by atoms with Crippen LogP contribution in [0.4, 0.5) is 10.1 Å². The summed E-state index contributed by atoms with van der Waals surface area (Å²) in [5.41, 5.74) is 1.53. The fourth-order valence-corrected chi connectivity index (χ4v) is 2.81. The van der Waals surface area contributed by atoms with Crippen LogP contribution in [0.15, 0.2) is 48.5 Å². The van der Waals surface area contributed by atoms with Gasteiger partial charge in [-0.3, -0.25) is 4.79 Å². The first-order valence-corrected chi connectivity index (χ1v) is 6.87. The summed E-state index contributed by atoms with van der Waals surface area (Å²) in [6, 6.07) is 12.7. The molecule has 0 saturated carbocycles. The van der Waals surface area contributed by atoms with Crippen molar-refractivity contribution in [3.63, 3.8) is 0 Å². The summed E-state index contributed by atoms with van der Waals surface area (Å²) in [6.45, 7) is 0. The highest BCUT2D eigenvalue weighted by Crippen LogP contribution is 2.42. The molecule has 2 aromatic carbocycles. The molecule has 1 saturated heterocycles. The van der Waals surface area contributed by atoms with Gasteiger partial charge in [-0.1, -0.05) is 23.7 Å². The fourth-order valence-electron chi connectivity index (χ4n) is 2.32. The Morgan fingerprint density at radius 2 is 1.60 bits per heavy atom. The zero-order valence-corrected chi connectivity index (χ0v) is 11.8. The molecule has 1 aliphatic heterocycles. The van der Waals surface area contributed by atoms with Gasteiger partial charge in [0.15, 0.2) is 0 Å². The number of rotatable bonds is 2. The molecule has 0 spiro atoms. The minimum absolute atomic E-state index is 0.182. The van der Waals surface area contributed by atoms with E-state index in [4.69, 9.17) is 23.2 Å². The molecule has 0 bridgehead atoms. The Balaban J connectivity index is 1.95. The number of alkyl halides is 1. The van der Waals surface area contributed by atoms with Crippen LogP contribution in [0.1, 0.15) is 11.6 Å². The molecule has 2 atom stereocenters. The maximum absolute atomic E-state index is 13.0. The number of carbonyl (C=O) groups excluding carboxylic acids is 1. The predicted octanol–water partition coefficient (Wildman–Crippen LogP) is 4.17. The second-order valence-electron chi connectivity index (χ2n) is 4.58. The molecule has 0 aliphatic carbocycles. The van der Waals surface area contributed by atoms with E-state index in [0.717, 1.165) is 5.56 Å². The van der Waals surface area contributed by atoms with Gasteiger partial charge in [-0.15, -0.1) is 11.6 Å². The van der Waals surface area contributed by atoms with Crippen molar-refractivity contribution in [1.82, 2.24) is 0 Å². The molecule has 1 fully saturated rings. The molecule has 2 aromatic rings. The van der Waals surface area contributed by atoms with Crippen molar-refractivity contribution < 1.29 is 9.18 Å². The van der Waals surface area contributed by atoms with E-state index in [2.05, 4.69) is 0 Å². The Morgan fingerprint density at radius 1 is 1.00 bits per heavy atom. The molecule has 1 amide bonds. The topological polar surface area (TPSA) is 20.3 Å². The molecule has 2 unspecified atom stereocenters. The van der Waals surface area contributed by atoms with Crippen LogP contribution in [0.2, 0.25) is 5.02 Å². The van der Waals surface area contributed by atoms with Gasteiger partial charge in [-0.05, 0) is 42.0 Å². The number of amides is 1. The van der Waals surface area contributed by atoms with Crippen LogP contribution in [0, 0.1) is 5.82 Å². The number of benzene rings is 2. The first-order valence-electron chi connectivity index (χ1n) is 6.06. The van der Waals surface area contributed by atoms with E-state index in [1.165, 1.54) is 12.1 Å². The molecule has 20 heavy (non-hydrogen) atoms. The Bertz CT molecular complexity index is 642. The minimum Gasteiger partial charge on any atom is -0.302 e. The number of nitrogens with zero attached hydrogens (tertiary/aromatic N) is 1. The molecule has 3 rings (SSSR count). The SMILES string of the molecule is O=C1C(Cl)C(c2ccc(Cl)cc2)N1c1ccc(F)cc1. The van der Waals surface area contributed by atoms with Gasteiger partial charge in [-0.2, -0.15) is 0 Å². The smallest absolute Gasteiger partial charge is 0.248 e. The molecule has 5 heteroatoms. The molecular formula is C15H10Cl2FNO. The third-order valence-electron chi connectivity index (χ3n) is 3.35. The number of hydrogen-bond donors (Lipinski definition) is 0. The van der Waals surface area contributed by atoms with Crippen LogP contribution in [0.5, 0.6) is 0 Å². The monoisotopic (exact) mass is 309 g/mol. The van der Waals surface area contributed by atoms with Crippen molar-refractivity contribution in [3.05, 3.63) is 64.9 Å². The van der Waals surface area contributed by atoms with Crippen molar-refractivity contribution in [2.75, 3.05) is 4.90 Å². The number of hydrogen-bond acceptors (Lipinski definition) is 1. The molecule has 102 valence electrons. The van der Waals surface area contributed by atoms with Crippen molar-refractivity contribution in [3.8, 4) is 0 Å². The summed E-state index contributed by atoms with van der Waals surface area (Å²) in [6.07, 6.45) is 0. The lowest BCUT2D eigenvalue weighted by atomic mass is 9.92. The first kappa shape index (κ1) is 13.4. The van der Waals surface area contributed by atoms with Gasteiger partial charge in [0.2, 0.25) is 5.91 Å². The molecule has 0 radical (unpaired) electrons. The molecule has 0 aromatic heterocycles. The normalized spacial score (nSPS) is 21.8. The number of halogens is 3. The zero-order valence-electron chi connectivity index (χ0n) is 10.3. The van der Waals surface area contributed by atoms with E-state index >= 15 is 0 Å². The lowest BCUT2D eigenvalue weighted by Crippen LogP contribution is -2.56. The molecule has 1 aliphatic rings. The summed E-state index contributed by atoms with van der Waals surface area (Å²) in [5, 5.41) is 0.0140. The van der Waals surface area contributed by atoms with Gasteiger partial charge in [0.05, 0.1) is 6.04 Å². The third-order valence-corrected chi connectivity index (χ3v) is 4.02. The summed E-state index contributed by atoms with van der Waals surface area (Å²) >= 11 is 12.0. The van der Waals surface area contributed by atoms with E-state index in [1.54, 1.807) is 29.2 Å². The average Bonchev–Trinajstić information content (AvgIpc) is 2.46. The van der Waals surface area contributed by atoms with Crippen LogP contribution in [-0.4, -0.2) is 11.3 Å². The van der Waals surface area contributed by atoms with E-state index in [1.807, 2.05) is 12.1 Å². The van der Waals surface area contributed by atoms with Gasteiger partial charge in [0.1, 0.15) is 11.2 Å². The first-order chi connectivity index (χ1) is 9.58. The lowest BCUT2D eigenvalue weighted by Gasteiger charge is -2.44. The van der Waals surface area contributed by atoms with Crippen molar-refractivity contribution >= 4 is 34.8 Å². The van der Waals surface area contributed by atoms with Crippen LogP contribution < -0.4 is 4.90 Å². The average molecular weight is 310 g/mol. The van der Waals surface area contributed by atoms with E-state index in [-0.39, 0.29) is 17.8 Å². The summed E-state index contributed by atoms with van der Waals surface area (Å²) in [7, 11) is 0. The zero-order chi connectivity index (χ0) is 14.3. The highest BCUT2D eigenvalue weighted by Gasteiger charge is 2.47. The summed E-state index contributed by atoms with van der Waals surface area (Å²) < 4.78 is 13.0. The van der Waals surface area contributed by atoms with Gasteiger partial charge in [0.25, 0.3) is 0 Å². The molecule has 2 nitrogen and oxygen atoms in total. The largest absolute Gasteiger partial charge is 0.302 e. The van der Waals surface area contributed by atoms with Gasteiger partial charge < -0.3 is 4.90 Å². The van der Waals surface area contributed by atoms with Gasteiger partial charge >= 0.3 is 0 Å². The van der Waals surface area contributed by atoms with Crippen molar-refractivity contribution in [2.24, 2.45) is 0 Å². The van der Waals surface area contributed by atoms with Crippen molar-refractivity contribution in [1.29, 1.82) is 0 Å². The number of anilines is 1. The highest BCUT2D eigenvalue weighted by atomic mass is 35.5. The van der Waals surface area contributed by atoms with Crippen LogP contribution in [0.3, 0.4) is 0 Å².